The number of hydrogen-bond acceptors (Lipinski definition) is 5. The first-order chi connectivity index (χ1) is 8.66. The number of non-ortho nitro benzene ring substituents is 1. The van der Waals surface area contributed by atoms with Crippen molar-refractivity contribution in [1.82, 2.24) is 20.5 Å². The second-order valence-electron chi connectivity index (χ2n) is 3.44. The number of H-pyrrole nitrogens is 1. The van der Waals surface area contributed by atoms with Gasteiger partial charge in [0, 0.05) is 18.7 Å². The van der Waals surface area contributed by atoms with Crippen LogP contribution in [0.2, 0.25) is 0 Å². The molecule has 0 spiro atoms. The minimum absolute atomic E-state index is 0.0142. The molecule has 0 aliphatic rings. The zero-order chi connectivity index (χ0) is 13.0. The third-order valence-electron chi connectivity index (χ3n) is 2.23. The molecule has 0 fully saturated rings. The van der Waals surface area contributed by atoms with E-state index < -0.39 is 4.92 Å². The Bertz CT molecular complexity index is 549. The van der Waals surface area contributed by atoms with Gasteiger partial charge in [-0.25, -0.2) is 4.98 Å². The van der Waals surface area contributed by atoms with Crippen molar-refractivity contribution in [3.8, 4) is 0 Å². The first-order valence-corrected chi connectivity index (χ1v) is 5.03. The Morgan fingerprint density at radius 1 is 1.39 bits per heavy atom. The number of nitrogens with one attached hydrogen (secondary N) is 2. The second-order valence-corrected chi connectivity index (χ2v) is 3.44. The minimum atomic E-state index is -0.475. The van der Waals surface area contributed by atoms with Gasteiger partial charge in [-0.15, -0.1) is 0 Å². The molecule has 2 N–H and O–H groups in total. The van der Waals surface area contributed by atoms with Crippen molar-refractivity contribution < 1.29 is 9.72 Å². The number of aromatic nitrogens is 3. The molecule has 1 aromatic carbocycles. The van der Waals surface area contributed by atoms with E-state index in [2.05, 4.69) is 20.5 Å². The van der Waals surface area contributed by atoms with Crippen LogP contribution in [0.5, 0.6) is 0 Å². The van der Waals surface area contributed by atoms with E-state index in [0.29, 0.717) is 0 Å². The van der Waals surface area contributed by atoms with Crippen LogP contribution in [0, 0.1) is 10.1 Å². The van der Waals surface area contributed by atoms with Crippen LogP contribution in [-0.4, -0.2) is 26.0 Å². The first kappa shape index (κ1) is 11.7. The monoisotopic (exact) mass is 247 g/mol. The second kappa shape index (κ2) is 5.04. The molecule has 2 rings (SSSR count). The molecule has 0 bridgehead atoms. The average molecular weight is 247 g/mol. The van der Waals surface area contributed by atoms with Gasteiger partial charge in [0.25, 0.3) is 11.6 Å². The number of amides is 1. The van der Waals surface area contributed by atoms with E-state index in [4.69, 9.17) is 0 Å². The van der Waals surface area contributed by atoms with Gasteiger partial charge in [0.15, 0.2) is 0 Å². The summed E-state index contributed by atoms with van der Waals surface area (Å²) < 4.78 is 0. The van der Waals surface area contributed by atoms with Crippen molar-refractivity contribution >= 4 is 11.6 Å². The Morgan fingerprint density at radius 3 is 2.67 bits per heavy atom. The van der Waals surface area contributed by atoms with Gasteiger partial charge in [-0.2, -0.15) is 5.10 Å². The molecule has 0 radical (unpaired) electrons. The van der Waals surface area contributed by atoms with Gasteiger partial charge in [-0.1, -0.05) is 12.1 Å². The molecule has 8 heteroatoms. The van der Waals surface area contributed by atoms with E-state index in [0.717, 1.165) is 5.56 Å². The summed E-state index contributed by atoms with van der Waals surface area (Å²) in [5, 5.41) is 19.0. The predicted octanol–water partition coefficient (Wildman–Crippen LogP) is 0.643. The third kappa shape index (κ3) is 2.67. The number of nitrogens with zero attached hydrogens (tertiary/aromatic N) is 3. The Hall–Kier alpha value is -2.77. The molecule has 0 saturated heterocycles. The van der Waals surface area contributed by atoms with Gasteiger partial charge >= 0.3 is 0 Å². The molecule has 2 aromatic rings. The Labute approximate surface area is 101 Å². The molecule has 1 amide bonds. The number of benzene rings is 1. The number of rotatable bonds is 4. The zero-order valence-electron chi connectivity index (χ0n) is 9.16. The maximum absolute atomic E-state index is 11.5. The lowest BCUT2D eigenvalue weighted by molar-refractivity contribution is -0.384. The lowest BCUT2D eigenvalue weighted by Crippen LogP contribution is -2.23. The molecular weight excluding hydrogens is 238 g/mol. The molecular formula is C10H9N5O3. The number of hydrogen-bond donors (Lipinski definition) is 2. The van der Waals surface area contributed by atoms with E-state index in [1.807, 2.05) is 0 Å². The molecule has 8 nitrogen and oxygen atoms in total. The van der Waals surface area contributed by atoms with Crippen molar-refractivity contribution in [2.24, 2.45) is 0 Å². The molecule has 18 heavy (non-hydrogen) atoms. The number of aromatic amines is 1. The van der Waals surface area contributed by atoms with Crippen molar-refractivity contribution in [2.75, 3.05) is 0 Å². The van der Waals surface area contributed by atoms with Crippen LogP contribution in [0.1, 0.15) is 16.2 Å². The van der Waals surface area contributed by atoms with E-state index in [1.165, 1.54) is 18.5 Å². The van der Waals surface area contributed by atoms with Crippen molar-refractivity contribution in [1.29, 1.82) is 0 Å². The lowest BCUT2D eigenvalue weighted by Gasteiger charge is -2.02. The molecule has 92 valence electrons. The van der Waals surface area contributed by atoms with Gasteiger partial charge < -0.3 is 5.32 Å². The topological polar surface area (TPSA) is 114 Å². The molecule has 1 heterocycles. The van der Waals surface area contributed by atoms with Gasteiger partial charge in [0.05, 0.1) is 4.92 Å². The summed E-state index contributed by atoms with van der Waals surface area (Å²) in [4.78, 5) is 25.2. The molecule has 0 aliphatic heterocycles. The summed E-state index contributed by atoms with van der Waals surface area (Å²) in [6, 6.07) is 5.93. The molecule has 1 aromatic heterocycles. The molecule has 0 aliphatic carbocycles. The van der Waals surface area contributed by atoms with E-state index >= 15 is 0 Å². The number of nitro groups is 1. The first-order valence-electron chi connectivity index (χ1n) is 5.03. The number of carbonyl (C=O) groups excluding carboxylic acids is 1. The Balaban J connectivity index is 1.94. The van der Waals surface area contributed by atoms with E-state index in [9.17, 15) is 14.9 Å². The highest BCUT2D eigenvalue weighted by atomic mass is 16.6. The smallest absolute Gasteiger partial charge is 0.288 e. The highest BCUT2D eigenvalue weighted by molar-refractivity contribution is 5.90. The summed E-state index contributed by atoms with van der Waals surface area (Å²) in [5.74, 6) is -0.261. The maximum Gasteiger partial charge on any atom is 0.288 e. The van der Waals surface area contributed by atoms with Crippen LogP contribution in [0.4, 0.5) is 5.69 Å². The van der Waals surface area contributed by atoms with Crippen LogP contribution < -0.4 is 5.32 Å². The SMILES string of the molecule is O=C(NCc1ccc([N+](=O)[O-])cc1)c1ncn[nH]1. The highest BCUT2D eigenvalue weighted by Gasteiger charge is 2.08. The summed E-state index contributed by atoms with van der Waals surface area (Å²) in [5.41, 5.74) is 0.772. The van der Waals surface area contributed by atoms with Crippen molar-refractivity contribution in [2.45, 2.75) is 6.54 Å². The normalized spacial score (nSPS) is 10.0. The fraction of sp³-hybridized carbons (Fsp3) is 0.100. The quantitative estimate of drug-likeness (QED) is 0.608. The maximum atomic E-state index is 11.5. The van der Waals surface area contributed by atoms with Gasteiger partial charge in [-0.05, 0) is 5.56 Å². The predicted molar refractivity (Wildman–Crippen MR) is 60.6 cm³/mol. The lowest BCUT2D eigenvalue weighted by atomic mass is 10.2. The molecule has 0 saturated carbocycles. The third-order valence-corrected chi connectivity index (χ3v) is 2.23. The standard InChI is InChI=1S/C10H9N5O3/c16-10(9-12-6-13-14-9)11-5-7-1-3-8(4-2-7)15(17)18/h1-4,6H,5H2,(H,11,16)(H,12,13,14). The molecule has 0 atom stereocenters. The van der Waals surface area contributed by atoms with Crippen LogP contribution in [-0.2, 0) is 6.54 Å². The number of carbonyl (C=O) groups is 1. The summed E-state index contributed by atoms with van der Waals surface area (Å²) >= 11 is 0. The zero-order valence-corrected chi connectivity index (χ0v) is 9.16. The van der Waals surface area contributed by atoms with Gasteiger partial charge in [-0.3, -0.25) is 20.0 Å². The fourth-order valence-electron chi connectivity index (χ4n) is 1.32. The van der Waals surface area contributed by atoms with Crippen LogP contribution in [0.3, 0.4) is 0 Å². The Kier molecular flexibility index (Phi) is 3.28. The van der Waals surface area contributed by atoms with Crippen molar-refractivity contribution in [3.05, 3.63) is 52.1 Å². The van der Waals surface area contributed by atoms with Crippen LogP contribution in [0.15, 0.2) is 30.6 Å². The fourth-order valence-corrected chi connectivity index (χ4v) is 1.32. The van der Waals surface area contributed by atoms with Gasteiger partial charge in [0.1, 0.15) is 6.33 Å². The van der Waals surface area contributed by atoms with E-state index in [1.54, 1.807) is 12.1 Å². The van der Waals surface area contributed by atoms with Crippen LogP contribution >= 0.6 is 0 Å². The Morgan fingerprint density at radius 2 is 2.11 bits per heavy atom. The summed E-state index contributed by atoms with van der Waals surface area (Å²) in [7, 11) is 0. The van der Waals surface area contributed by atoms with E-state index in [-0.39, 0.29) is 24.0 Å². The highest BCUT2D eigenvalue weighted by Crippen LogP contribution is 2.11. The van der Waals surface area contributed by atoms with Gasteiger partial charge in [0.2, 0.25) is 5.82 Å². The van der Waals surface area contributed by atoms with Crippen molar-refractivity contribution in [3.63, 3.8) is 0 Å². The summed E-state index contributed by atoms with van der Waals surface area (Å²) in [6.07, 6.45) is 1.24. The van der Waals surface area contributed by atoms with Crippen LogP contribution in [0.25, 0.3) is 0 Å². The number of nitro benzene ring substituents is 1. The molecule has 0 unspecified atom stereocenters. The largest absolute Gasteiger partial charge is 0.345 e. The summed E-state index contributed by atoms with van der Waals surface area (Å²) in [6.45, 7) is 0.261. The average Bonchev–Trinajstić information content (AvgIpc) is 2.90. The minimum Gasteiger partial charge on any atom is -0.345 e.